The standard InChI is InChI=1S/C20H26Cl2N4OS/c1-13(11-26-15(3)8-14(2)25-26)10-23-19(27)24-17-6-4-5-7-18(17)28-12-16-9-20(16,21)22/h4-8,13,16H,9-12H2,1-3H3,(H2,23,24,27). The Labute approximate surface area is 180 Å². The molecule has 2 amide bonds. The third kappa shape index (κ3) is 5.82. The number of halogens is 2. The molecule has 3 rings (SSSR count). The fraction of sp³-hybridized carbons (Fsp3) is 0.500. The summed E-state index contributed by atoms with van der Waals surface area (Å²) in [6.07, 6.45) is 0.826. The van der Waals surface area contributed by atoms with E-state index in [1.54, 1.807) is 11.8 Å². The van der Waals surface area contributed by atoms with Crippen molar-refractivity contribution in [2.45, 2.75) is 43.0 Å². The predicted octanol–water partition coefficient (Wildman–Crippen LogP) is 5.24. The van der Waals surface area contributed by atoms with Gasteiger partial charge in [-0.2, -0.15) is 5.10 Å². The lowest BCUT2D eigenvalue weighted by Crippen LogP contribution is -2.33. The number of hydrogen-bond acceptors (Lipinski definition) is 3. The molecule has 0 bridgehead atoms. The summed E-state index contributed by atoms with van der Waals surface area (Å²) >= 11 is 13.9. The highest BCUT2D eigenvalue weighted by molar-refractivity contribution is 7.99. The third-order valence-electron chi connectivity index (χ3n) is 4.73. The molecule has 0 spiro atoms. The smallest absolute Gasteiger partial charge is 0.319 e. The first-order chi connectivity index (χ1) is 13.2. The highest BCUT2D eigenvalue weighted by atomic mass is 35.5. The number of carbonyl (C=O) groups is 1. The van der Waals surface area contributed by atoms with Gasteiger partial charge in [0.25, 0.3) is 0 Å². The summed E-state index contributed by atoms with van der Waals surface area (Å²) in [7, 11) is 0. The molecule has 5 nitrogen and oxygen atoms in total. The van der Waals surface area contributed by atoms with Gasteiger partial charge in [0, 0.05) is 35.3 Å². The number of alkyl halides is 2. The van der Waals surface area contributed by atoms with Gasteiger partial charge in [0.15, 0.2) is 0 Å². The molecule has 2 aromatic rings. The number of nitrogens with one attached hydrogen (secondary N) is 2. The van der Waals surface area contributed by atoms with Gasteiger partial charge in [0.2, 0.25) is 0 Å². The van der Waals surface area contributed by atoms with Crippen LogP contribution >= 0.6 is 35.0 Å². The second kappa shape index (κ2) is 8.97. The fourth-order valence-corrected chi connectivity index (χ4v) is 4.93. The molecule has 1 aromatic heterocycles. The summed E-state index contributed by atoms with van der Waals surface area (Å²) < 4.78 is 1.41. The maximum atomic E-state index is 12.4. The largest absolute Gasteiger partial charge is 0.338 e. The SMILES string of the molecule is Cc1cc(C)n(CC(C)CNC(=O)Nc2ccccc2SCC2CC2(Cl)Cl)n1. The molecular formula is C20H26Cl2N4OS. The molecule has 1 fully saturated rings. The van der Waals surface area contributed by atoms with Gasteiger partial charge in [0.1, 0.15) is 4.33 Å². The zero-order chi connectivity index (χ0) is 20.3. The molecule has 1 aliphatic carbocycles. The number of para-hydroxylation sites is 1. The van der Waals surface area contributed by atoms with Gasteiger partial charge in [-0.25, -0.2) is 4.79 Å². The summed E-state index contributed by atoms with van der Waals surface area (Å²) in [5.41, 5.74) is 2.94. The van der Waals surface area contributed by atoms with Crippen LogP contribution < -0.4 is 10.6 Å². The quantitative estimate of drug-likeness (QED) is 0.435. The van der Waals surface area contributed by atoms with Gasteiger partial charge in [-0.1, -0.05) is 19.1 Å². The molecule has 2 unspecified atom stereocenters. The van der Waals surface area contributed by atoms with E-state index in [1.807, 2.05) is 42.8 Å². The number of nitrogens with zero attached hydrogens (tertiary/aromatic N) is 2. The van der Waals surface area contributed by atoms with E-state index in [2.05, 4.69) is 28.7 Å². The number of urea groups is 1. The van der Waals surface area contributed by atoms with Gasteiger partial charge in [-0.3, -0.25) is 4.68 Å². The van der Waals surface area contributed by atoms with E-state index in [4.69, 9.17) is 23.2 Å². The number of anilines is 1. The minimum absolute atomic E-state index is 0.205. The van der Waals surface area contributed by atoms with Crippen LogP contribution in [0.5, 0.6) is 0 Å². The number of rotatable bonds is 8. The number of hydrogen-bond donors (Lipinski definition) is 2. The van der Waals surface area contributed by atoms with Crippen molar-refractivity contribution in [1.82, 2.24) is 15.1 Å². The van der Waals surface area contributed by atoms with Gasteiger partial charge >= 0.3 is 6.03 Å². The summed E-state index contributed by atoms with van der Waals surface area (Å²) in [5, 5.41) is 10.4. The van der Waals surface area contributed by atoms with E-state index in [-0.39, 0.29) is 11.9 Å². The van der Waals surface area contributed by atoms with Crippen molar-refractivity contribution in [3.63, 3.8) is 0 Å². The zero-order valence-corrected chi connectivity index (χ0v) is 18.7. The number of carbonyl (C=O) groups excluding carboxylic acids is 1. The summed E-state index contributed by atoms with van der Waals surface area (Å²) in [4.78, 5) is 13.4. The van der Waals surface area contributed by atoms with Crippen LogP contribution in [0.3, 0.4) is 0 Å². The molecule has 1 aromatic carbocycles. The summed E-state index contributed by atoms with van der Waals surface area (Å²) in [5.74, 6) is 1.41. The molecule has 1 heterocycles. The Hall–Kier alpha value is -1.37. The molecule has 1 aliphatic rings. The first kappa shape index (κ1) is 21.3. The van der Waals surface area contributed by atoms with E-state index in [0.717, 1.165) is 40.7 Å². The normalized spacial score (nSPS) is 18.5. The number of amides is 2. The molecule has 8 heteroatoms. The monoisotopic (exact) mass is 440 g/mol. The Morgan fingerprint density at radius 1 is 1.39 bits per heavy atom. The van der Waals surface area contributed by atoms with Crippen molar-refractivity contribution in [3.05, 3.63) is 41.7 Å². The van der Waals surface area contributed by atoms with Crippen LogP contribution in [0, 0.1) is 25.7 Å². The lowest BCUT2D eigenvalue weighted by molar-refractivity contribution is 0.249. The topological polar surface area (TPSA) is 59.0 Å². The molecule has 1 saturated carbocycles. The molecule has 152 valence electrons. The molecule has 28 heavy (non-hydrogen) atoms. The predicted molar refractivity (Wildman–Crippen MR) is 118 cm³/mol. The van der Waals surface area contributed by atoms with Crippen LogP contribution in [-0.2, 0) is 6.54 Å². The second-order valence-corrected chi connectivity index (χ2v) is 10.1. The lowest BCUT2D eigenvalue weighted by Gasteiger charge is -2.15. The highest BCUT2D eigenvalue weighted by Crippen LogP contribution is 2.55. The van der Waals surface area contributed by atoms with Crippen molar-refractivity contribution < 1.29 is 4.79 Å². The van der Waals surface area contributed by atoms with E-state index in [0.29, 0.717) is 12.5 Å². The average Bonchev–Trinajstić information content (AvgIpc) is 3.12. The van der Waals surface area contributed by atoms with Crippen molar-refractivity contribution >= 4 is 46.7 Å². The van der Waals surface area contributed by atoms with Crippen molar-refractivity contribution in [1.29, 1.82) is 0 Å². The highest BCUT2D eigenvalue weighted by Gasteiger charge is 2.51. The molecule has 0 saturated heterocycles. The second-order valence-electron chi connectivity index (χ2n) is 7.52. The van der Waals surface area contributed by atoms with Crippen molar-refractivity contribution in [2.75, 3.05) is 17.6 Å². The van der Waals surface area contributed by atoms with E-state index >= 15 is 0 Å². The Morgan fingerprint density at radius 2 is 2.11 bits per heavy atom. The molecule has 2 atom stereocenters. The van der Waals surface area contributed by atoms with Gasteiger partial charge < -0.3 is 10.6 Å². The molecule has 2 N–H and O–H groups in total. The Kier molecular flexibility index (Phi) is 6.84. The number of aryl methyl sites for hydroxylation is 2. The van der Waals surface area contributed by atoms with E-state index < -0.39 is 4.33 Å². The number of thioether (sulfide) groups is 1. The van der Waals surface area contributed by atoms with E-state index in [1.165, 1.54) is 0 Å². The molecule has 0 aliphatic heterocycles. The van der Waals surface area contributed by atoms with Gasteiger partial charge in [0.05, 0.1) is 11.4 Å². The van der Waals surface area contributed by atoms with Crippen LogP contribution in [0.25, 0.3) is 0 Å². The zero-order valence-electron chi connectivity index (χ0n) is 16.3. The Bertz CT molecular complexity index is 839. The average molecular weight is 441 g/mol. The molecule has 0 radical (unpaired) electrons. The van der Waals surface area contributed by atoms with Crippen LogP contribution in [0.15, 0.2) is 35.2 Å². The van der Waals surface area contributed by atoms with Gasteiger partial charge in [-0.05, 0) is 44.4 Å². The Morgan fingerprint density at radius 3 is 2.75 bits per heavy atom. The van der Waals surface area contributed by atoms with Gasteiger partial charge in [-0.15, -0.1) is 35.0 Å². The summed E-state index contributed by atoms with van der Waals surface area (Å²) in [6, 6.07) is 9.63. The van der Waals surface area contributed by atoms with Crippen LogP contribution in [0.1, 0.15) is 24.7 Å². The summed E-state index contributed by atoms with van der Waals surface area (Å²) in [6.45, 7) is 7.47. The Balaban J connectivity index is 1.47. The van der Waals surface area contributed by atoms with Crippen LogP contribution in [0.2, 0.25) is 0 Å². The van der Waals surface area contributed by atoms with E-state index in [9.17, 15) is 4.79 Å². The first-order valence-corrected chi connectivity index (χ1v) is 11.1. The number of aromatic nitrogens is 2. The van der Waals surface area contributed by atoms with Crippen molar-refractivity contribution in [2.24, 2.45) is 11.8 Å². The third-order valence-corrected chi connectivity index (χ3v) is 6.89. The minimum atomic E-state index is -0.575. The minimum Gasteiger partial charge on any atom is -0.338 e. The maximum absolute atomic E-state index is 12.4. The van der Waals surface area contributed by atoms with Crippen LogP contribution in [-0.4, -0.2) is 32.4 Å². The van der Waals surface area contributed by atoms with Crippen LogP contribution in [0.4, 0.5) is 10.5 Å². The number of benzene rings is 1. The van der Waals surface area contributed by atoms with Crippen molar-refractivity contribution in [3.8, 4) is 0 Å². The maximum Gasteiger partial charge on any atom is 0.319 e. The molecular weight excluding hydrogens is 415 g/mol. The lowest BCUT2D eigenvalue weighted by atomic mass is 10.2. The fourth-order valence-electron chi connectivity index (χ4n) is 2.99. The first-order valence-electron chi connectivity index (χ1n) is 9.40.